The standard InChI is InChI=1S/C21H20ClFN2O4/c1-11(20(28)24-9-10-26)17-12(2)25(15-7-8-16(27)19(23)18(15)17)21(29)13-3-5-14(22)6-4-13/h3-8,11,26-27H,9-10H2,1-2H3,(H,24,28). The molecule has 1 aromatic heterocycles. The first-order valence-corrected chi connectivity index (χ1v) is 9.37. The number of carbonyl (C=O) groups is 2. The molecule has 3 N–H and O–H groups in total. The molecule has 1 atom stereocenters. The monoisotopic (exact) mass is 418 g/mol. The van der Waals surface area contributed by atoms with Crippen LogP contribution >= 0.6 is 11.6 Å². The van der Waals surface area contributed by atoms with Crippen molar-refractivity contribution in [3.8, 4) is 5.75 Å². The number of nitrogens with one attached hydrogen (secondary N) is 1. The Bertz CT molecular complexity index is 1090. The summed E-state index contributed by atoms with van der Waals surface area (Å²) in [6.07, 6.45) is 0. The van der Waals surface area contributed by atoms with E-state index in [-0.39, 0.29) is 24.1 Å². The van der Waals surface area contributed by atoms with Gasteiger partial charge in [0.2, 0.25) is 5.91 Å². The van der Waals surface area contributed by atoms with Crippen LogP contribution in [0, 0.1) is 12.7 Å². The van der Waals surface area contributed by atoms with Crippen molar-refractivity contribution in [3.05, 3.63) is 64.1 Å². The van der Waals surface area contributed by atoms with E-state index in [2.05, 4.69) is 5.32 Å². The van der Waals surface area contributed by atoms with Gasteiger partial charge in [0.05, 0.1) is 18.0 Å². The lowest BCUT2D eigenvalue weighted by Crippen LogP contribution is -2.30. The number of halogens is 2. The summed E-state index contributed by atoms with van der Waals surface area (Å²) in [5.74, 6) is -3.13. The van der Waals surface area contributed by atoms with E-state index >= 15 is 0 Å². The van der Waals surface area contributed by atoms with Gasteiger partial charge in [0.25, 0.3) is 5.91 Å². The largest absolute Gasteiger partial charge is 0.505 e. The molecule has 0 spiro atoms. The highest BCUT2D eigenvalue weighted by Crippen LogP contribution is 2.37. The Morgan fingerprint density at radius 3 is 2.48 bits per heavy atom. The van der Waals surface area contributed by atoms with E-state index in [1.54, 1.807) is 38.1 Å². The van der Waals surface area contributed by atoms with Crippen LogP contribution in [0.4, 0.5) is 4.39 Å². The molecule has 152 valence electrons. The third-order valence-corrected chi connectivity index (χ3v) is 5.12. The number of hydrogen-bond donors (Lipinski definition) is 3. The normalized spacial score (nSPS) is 12.2. The smallest absolute Gasteiger partial charge is 0.262 e. The van der Waals surface area contributed by atoms with Gasteiger partial charge in [0.15, 0.2) is 11.6 Å². The van der Waals surface area contributed by atoms with Crippen LogP contribution in [0.3, 0.4) is 0 Å². The maximum atomic E-state index is 14.9. The Balaban J connectivity index is 2.23. The lowest BCUT2D eigenvalue weighted by Gasteiger charge is -2.13. The fourth-order valence-corrected chi connectivity index (χ4v) is 3.58. The molecular formula is C21H20ClFN2O4. The maximum Gasteiger partial charge on any atom is 0.262 e. The molecule has 1 heterocycles. The first-order valence-electron chi connectivity index (χ1n) is 8.99. The summed E-state index contributed by atoms with van der Waals surface area (Å²) in [5, 5.41) is 21.8. The average Bonchev–Trinajstić information content (AvgIpc) is 3.00. The Morgan fingerprint density at radius 1 is 1.21 bits per heavy atom. The second kappa shape index (κ2) is 8.23. The minimum absolute atomic E-state index is 0.0106. The van der Waals surface area contributed by atoms with E-state index in [1.165, 1.54) is 16.7 Å². The van der Waals surface area contributed by atoms with Gasteiger partial charge >= 0.3 is 0 Å². The van der Waals surface area contributed by atoms with Crippen LogP contribution in [0.15, 0.2) is 36.4 Å². The van der Waals surface area contributed by atoms with Crippen LogP contribution in [-0.2, 0) is 4.79 Å². The van der Waals surface area contributed by atoms with Gasteiger partial charge in [-0.05, 0) is 55.8 Å². The number of hydrogen-bond acceptors (Lipinski definition) is 4. The van der Waals surface area contributed by atoms with Crippen molar-refractivity contribution in [3.63, 3.8) is 0 Å². The highest BCUT2D eigenvalue weighted by molar-refractivity contribution is 6.30. The number of phenolic OH excluding ortho intramolecular Hbond substituents is 1. The maximum absolute atomic E-state index is 14.9. The van der Waals surface area contributed by atoms with E-state index in [0.29, 0.717) is 21.8 Å². The predicted octanol–water partition coefficient (Wildman–Crippen LogP) is 3.35. The molecule has 3 aromatic rings. The van der Waals surface area contributed by atoms with Gasteiger partial charge in [-0.15, -0.1) is 0 Å². The number of aromatic hydroxyl groups is 1. The number of aromatic nitrogens is 1. The number of phenols is 1. The number of benzene rings is 2. The fraction of sp³-hybridized carbons (Fsp3) is 0.238. The topological polar surface area (TPSA) is 91.6 Å². The first-order chi connectivity index (χ1) is 13.8. The van der Waals surface area contributed by atoms with Crippen molar-refractivity contribution in [2.24, 2.45) is 0 Å². The van der Waals surface area contributed by atoms with Crippen LogP contribution in [-0.4, -0.2) is 39.7 Å². The molecular weight excluding hydrogens is 399 g/mol. The number of aliphatic hydroxyl groups is 1. The van der Waals surface area contributed by atoms with Gasteiger partial charge in [0, 0.05) is 28.2 Å². The Hall–Kier alpha value is -2.90. The summed E-state index contributed by atoms with van der Waals surface area (Å²) < 4.78 is 16.2. The average molecular weight is 419 g/mol. The molecule has 29 heavy (non-hydrogen) atoms. The molecule has 0 saturated carbocycles. The van der Waals surface area contributed by atoms with Crippen molar-refractivity contribution in [1.29, 1.82) is 0 Å². The third kappa shape index (κ3) is 3.71. The van der Waals surface area contributed by atoms with Gasteiger partial charge < -0.3 is 15.5 Å². The SMILES string of the molecule is Cc1c(C(C)C(=O)NCCO)c2c(F)c(O)ccc2n1C(=O)c1ccc(Cl)cc1. The Kier molecular flexibility index (Phi) is 5.91. The van der Waals surface area contributed by atoms with Gasteiger partial charge in [-0.3, -0.25) is 14.2 Å². The van der Waals surface area contributed by atoms with Crippen molar-refractivity contribution >= 4 is 34.3 Å². The number of fused-ring (bicyclic) bond motifs is 1. The molecule has 0 saturated heterocycles. The number of nitrogens with zero attached hydrogens (tertiary/aromatic N) is 1. The first kappa shape index (κ1) is 20.8. The molecule has 0 aliphatic rings. The third-order valence-electron chi connectivity index (χ3n) is 4.87. The van der Waals surface area contributed by atoms with Crippen LogP contribution in [0.25, 0.3) is 10.9 Å². The van der Waals surface area contributed by atoms with Crippen LogP contribution in [0.2, 0.25) is 5.02 Å². The summed E-state index contributed by atoms with van der Waals surface area (Å²) in [5.41, 5.74) is 1.27. The van der Waals surface area contributed by atoms with Crippen molar-refractivity contribution in [2.45, 2.75) is 19.8 Å². The van der Waals surface area contributed by atoms with Gasteiger partial charge in [-0.25, -0.2) is 4.39 Å². The zero-order valence-electron chi connectivity index (χ0n) is 15.9. The fourth-order valence-electron chi connectivity index (χ4n) is 3.46. The Labute approximate surface area is 171 Å². The van der Waals surface area contributed by atoms with Crippen molar-refractivity contribution in [1.82, 2.24) is 9.88 Å². The molecule has 6 nitrogen and oxygen atoms in total. The van der Waals surface area contributed by atoms with Crippen LogP contribution in [0.1, 0.15) is 34.5 Å². The van der Waals surface area contributed by atoms with E-state index in [4.69, 9.17) is 16.7 Å². The lowest BCUT2D eigenvalue weighted by atomic mass is 9.96. The summed E-state index contributed by atoms with van der Waals surface area (Å²) >= 11 is 5.89. The van der Waals surface area contributed by atoms with Crippen LogP contribution in [0.5, 0.6) is 5.75 Å². The molecule has 1 unspecified atom stereocenters. The van der Waals surface area contributed by atoms with E-state index in [9.17, 15) is 19.1 Å². The molecule has 0 bridgehead atoms. The summed E-state index contributed by atoms with van der Waals surface area (Å²) in [6, 6.07) is 8.88. The van der Waals surface area contributed by atoms with Gasteiger partial charge in [0.1, 0.15) is 0 Å². The molecule has 1 amide bonds. The minimum atomic E-state index is -0.898. The quantitative estimate of drug-likeness (QED) is 0.592. The van der Waals surface area contributed by atoms with Gasteiger partial charge in [-0.2, -0.15) is 0 Å². The van der Waals surface area contributed by atoms with Crippen LogP contribution < -0.4 is 5.32 Å². The number of aliphatic hydroxyl groups excluding tert-OH is 1. The molecule has 0 aliphatic carbocycles. The predicted molar refractivity (Wildman–Crippen MR) is 108 cm³/mol. The molecule has 0 radical (unpaired) electrons. The second-order valence-electron chi connectivity index (χ2n) is 6.68. The summed E-state index contributed by atoms with van der Waals surface area (Å²) in [6.45, 7) is 3.02. The second-order valence-corrected chi connectivity index (χ2v) is 7.11. The molecule has 8 heteroatoms. The number of amides is 1. The van der Waals surface area contributed by atoms with E-state index in [1.807, 2.05) is 0 Å². The van der Waals surface area contributed by atoms with E-state index < -0.39 is 29.3 Å². The summed E-state index contributed by atoms with van der Waals surface area (Å²) in [7, 11) is 0. The van der Waals surface area contributed by atoms with Crippen molar-refractivity contribution in [2.75, 3.05) is 13.2 Å². The highest BCUT2D eigenvalue weighted by Gasteiger charge is 2.29. The molecule has 2 aromatic carbocycles. The summed E-state index contributed by atoms with van der Waals surface area (Å²) in [4.78, 5) is 25.6. The number of carbonyl (C=O) groups excluding carboxylic acids is 2. The van der Waals surface area contributed by atoms with Crippen molar-refractivity contribution < 1.29 is 24.2 Å². The minimum Gasteiger partial charge on any atom is -0.505 e. The molecule has 3 rings (SSSR count). The highest BCUT2D eigenvalue weighted by atomic mass is 35.5. The zero-order valence-corrected chi connectivity index (χ0v) is 16.6. The Morgan fingerprint density at radius 2 is 1.86 bits per heavy atom. The zero-order chi connectivity index (χ0) is 21.3. The van der Waals surface area contributed by atoms with E-state index in [0.717, 1.165) is 0 Å². The molecule has 0 aliphatic heterocycles. The molecule has 0 fully saturated rings. The van der Waals surface area contributed by atoms with Gasteiger partial charge in [-0.1, -0.05) is 11.6 Å². The number of rotatable bonds is 5. The lowest BCUT2D eigenvalue weighted by molar-refractivity contribution is -0.122.